The molecule has 6 heteroatoms. The number of amides is 1. The number of carbonyl (C=O) groups excluding carboxylic acids is 1. The minimum absolute atomic E-state index is 0.124. The zero-order valence-corrected chi connectivity index (χ0v) is 18.6. The van der Waals surface area contributed by atoms with Gasteiger partial charge >= 0.3 is 0 Å². The Morgan fingerprint density at radius 1 is 1.20 bits per heavy atom. The molecule has 2 aromatic rings. The molecule has 0 N–H and O–H groups in total. The zero-order valence-electron chi connectivity index (χ0n) is 18.6. The first-order valence-corrected chi connectivity index (χ1v) is 11.2. The summed E-state index contributed by atoms with van der Waals surface area (Å²) in [7, 11) is 0. The lowest BCUT2D eigenvalue weighted by Crippen LogP contribution is -2.31. The van der Waals surface area contributed by atoms with Gasteiger partial charge in [-0.1, -0.05) is 19.9 Å². The molecule has 0 spiro atoms. The summed E-state index contributed by atoms with van der Waals surface area (Å²) in [6, 6.07) is 6.23. The van der Waals surface area contributed by atoms with Crippen molar-refractivity contribution in [2.75, 3.05) is 19.8 Å². The summed E-state index contributed by atoms with van der Waals surface area (Å²) in [4.78, 5) is 15.2. The predicted molar refractivity (Wildman–Crippen MR) is 116 cm³/mol. The van der Waals surface area contributed by atoms with E-state index in [1.807, 2.05) is 6.07 Å². The number of ether oxygens (including phenoxy) is 2. The quantitative estimate of drug-likeness (QED) is 0.714. The van der Waals surface area contributed by atoms with Crippen LogP contribution in [-0.2, 0) is 17.8 Å². The van der Waals surface area contributed by atoms with Gasteiger partial charge in [-0.3, -0.25) is 9.48 Å². The third-order valence-corrected chi connectivity index (χ3v) is 6.18. The van der Waals surface area contributed by atoms with Crippen molar-refractivity contribution in [3.05, 3.63) is 40.7 Å². The molecular formula is C24H33N3O3. The van der Waals surface area contributed by atoms with Gasteiger partial charge in [0.1, 0.15) is 13.2 Å². The number of hydrogen-bond acceptors (Lipinski definition) is 4. The van der Waals surface area contributed by atoms with E-state index >= 15 is 0 Å². The molecule has 0 aliphatic carbocycles. The molecule has 0 unspecified atom stereocenters. The summed E-state index contributed by atoms with van der Waals surface area (Å²) < 4.78 is 13.5. The summed E-state index contributed by atoms with van der Waals surface area (Å²) >= 11 is 0. The van der Waals surface area contributed by atoms with Crippen LogP contribution in [0.5, 0.6) is 11.5 Å². The van der Waals surface area contributed by atoms with Gasteiger partial charge in [0, 0.05) is 25.2 Å². The fraction of sp³-hybridized carbons (Fsp3) is 0.583. The fourth-order valence-electron chi connectivity index (χ4n) is 4.67. The van der Waals surface area contributed by atoms with Gasteiger partial charge in [-0.2, -0.15) is 5.10 Å². The molecule has 0 saturated carbocycles. The van der Waals surface area contributed by atoms with Gasteiger partial charge in [0.15, 0.2) is 11.5 Å². The van der Waals surface area contributed by atoms with Crippen LogP contribution in [0.4, 0.5) is 0 Å². The van der Waals surface area contributed by atoms with Crippen LogP contribution in [0.25, 0.3) is 0 Å². The molecule has 2 aliphatic rings. The van der Waals surface area contributed by atoms with E-state index in [0.717, 1.165) is 55.1 Å². The first kappa shape index (κ1) is 20.8. The second kappa shape index (κ2) is 8.70. The number of benzene rings is 1. The lowest BCUT2D eigenvalue weighted by molar-refractivity contribution is -0.132. The molecule has 4 rings (SSSR count). The molecule has 1 aromatic carbocycles. The molecule has 1 aromatic heterocycles. The summed E-state index contributed by atoms with van der Waals surface area (Å²) in [5.74, 6) is 2.36. The molecule has 6 nitrogen and oxygen atoms in total. The van der Waals surface area contributed by atoms with Gasteiger partial charge in [0.25, 0.3) is 0 Å². The Hall–Kier alpha value is -2.50. The number of likely N-dealkylation sites (tertiary alicyclic amines) is 1. The van der Waals surface area contributed by atoms with Crippen LogP contribution in [0.15, 0.2) is 18.2 Å². The third kappa shape index (κ3) is 4.18. The van der Waals surface area contributed by atoms with Crippen molar-refractivity contribution in [1.82, 2.24) is 14.7 Å². The van der Waals surface area contributed by atoms with Gasteiger partial charge < -0.3 is 14.4 Å². The molecule has 0 radical (unpaired) electrons. The van der Waals surface area contributed by atoms with Gasteiger partial charge in [-0.05, 0) is 62.3 Å². The van der Waals surface area contributed by atoms with Crippen molar-refractivity contribution in [2.45, 2.75) is 66.0 Å². The van der Waals surface area contributed by atoms with Crippen LogP contribution < -0.4 is 9.47 Å². The first-order chi connectivity index (χ1) is 14.4. The lowest BCUT2D eigenvalue weighted by Gasteiger charge is -2.27. The summed E-state index contributed by atoms with van der Waals surface area (Å²) in [6.07, 6.45) is 3.31. The van der Waals surface area contributed by atoms with Crippen LogP contribution >= 0.6 is 0 Å². The van der Waals surface area contributed by atoms with Crippen LogP contribution in [0.3, 0.4) is 0 Å². The number of aromatic nitrogens is 2. The lowest BCUT2D eigenvalue weighted by atomic mass is 10.0. The molecule has 2 aliphatic heterocycles. The highest BCUT2D eigenvalue weighted by Gasteiger charge is 2.31. The maximum Gasteiger partial charge on any atom is 0.223 e. The molecule has 1 atom stereocenters. The van der Waals surface area contributed by atoms with Gasteiger partial charge in [-0.15, -0.1) is 0 Å². The largest absolute Gasteiger partial charge is 0.486 e. The maximum absolute atomic E-state index is 13.1. The van der Waals surface area contributed by atoms with Gasteiger partial charge in [0.2, 0.25) is 5.91 Å². The first-order valence-electron chi connectivity index (χ1n) is 11.2. The average Bonchev–Trinajstić information content (AvgIpc) is 3.31. The summed E-state index contributed by atoms with van der Waals surface area (Å²) in [6.45, 7) is 11.5. The smallest absolute Gasteiger partial charge is 0.223 e. The molecule has 162 valence electrons. The number of aryl methyl sites for hydroxylation is 1. The molecule has 1 fully saturated rings. The van der Waals surface area contributed by atoms with Crippen LogP contribution in [0.1, 0.15) is 61.7 Å². The second-order valence-electron chi connectivity index (χ2n) is 8.87. The second-order valence-corrected chi connectivity index (χ2v) is 8.87. The van der Waals surface area contributed by atoms with Gasteiger partial charge in [0.05, 0.1) is 11.7 Å². The monoisotopic (exact) mass is 411 g/mol. The Kier molecular flexibility index (Phi) is 6.02. The van der Waals surface area contributed by atoms with E-state index < -0.39 is 0 Å². The van der Waals surface area contributed by atoms with E-state index in [9.17, 15) is 4.79 Å². The van der Waals surface area contributed by atoms with Crippen molar-refractivity contribution in [2.24, 2.45) is 5.92 Å². The minimum atomic E-state index is 0.124. The van der Waals surface area contributed by atoms with Gasteiger partial charge in [-0.25, -0.2) is 0 Å². The molecule has 30 heavy (non-hydrogen) atoms. The van der Waals surface area contributed by atoms with E-state index in [-0.39, 0.29) is 11.9 Å². The molecule has 0 bridgehead atoms. The molecule has 1 saturated heterocycles. The van der Waals surface area contributed by atoms with Crippen molar-refractivity contribution in [3.8, 4) is 11.5 Å². The summed E-state index contributed by atoms with van der Waals surface area (Å²) in [5.41, 5.74) is 4.60. The number of carbonyl (C=O) groups is 1. The Morgan fingerprint density at radius 2 is 1.97 bits per heavy atom. The van der Waals surface area contributed by atoms with Crippen LogP contribution in [0, 0.1) is 19.8 Å². The molecular weight excluding hydrogens is 378 g/mol. The summed E-state index contributed by atoms with van der Waals surface area (Å²) in [5, 5.41) is 4.70. The Balaban J connectivity index is 1.44. The number of nitrogens with zero attached hydrogens (tertiary/aromatic N) is 3. The SMILES string of the molecule is Cc1nn(CC(C)C)c(C)c1CCC(=O)N1CCC[C@H]1c1ccc2c(c1)OCCO2. The zero-order chi connectivity index (χ0) is 21.3. The number of hydrogen-bond donors (Lipinski definition) is 0. The van der Waals surface area contributed by atoms with E-state index in [1.54, 1.807) is 0 Å². The van der Waals surface area contributed by atoms with E-state index in [1.165, 1.54) is 11.3 Å². The number of rotatable bonds is 6. The Bertz CT molecular complexity index is 919. The van der Waals surface area contributed by atoms with E-state index in [0.29, 0.717) is 25.6 Å². The van der Waals surface area contributed by atoms with E-state index in [4.69, 9.17) is 14.6 Å². The fourth-order valence-corrected chi connectivity index (χ4v) is 4.67. The normalized spacial score (nSPS) is 18.3. The van der Waals surface area contributed by atoms with Crippen molar-refractivity contribution < 1.29 is 14.3 Å². The average molecular weight is 412 g/mol. The van der Waals surface area contributed by atoms with E-state index in [2.05, 4.69) is 49.4 Å². The van der Waals surface area contributed by atoms with Crippen molar-refractivity contribution in [3.63, 3.8) is 0 Å². The molecule has 1 amide bonds. The highest BCUT2D eigenvalue weighted by molar-refractivity contribution is 5.77. The Labute approximate surface area is 179 Å². The third-order valence-electron chi connectivity index (χ3n) is 6.18. The van der Waals surface area contributed by atoms with Crippen molar-refractivity contribution >= 4 is 5.91 Å². The van der Waals surface area contributed by atoms with Crippen LogP contribution in [-0.4, -0.2) is 40.3 Å². The topological polar surface area (TPSA) is 56.6 Å². The predicted octanol–water partition coefficient (Wildman–Crippen LogP) is 4.22. The minimum Gasteiger partial charge on any atom is -0.486 e. The maximum atomic E-state index is 13.1. The highest BCUT2D eigenvalue weighted by Crippen LogP contribution is 2.38. The number of fused-ring (bicyclic) bond motifs is 1. The van der Waals surface area contributed by atoms with Crippen LogP contribution in [0.2, 0.25) is 0 Å². The standard InChI is InChI=1S/C24H33N3O3/c1-16(2)15-27-18(4)20(17(3)25-27)8-10-24(28)26-11-5-6-21(26)19-7-9-22-23(14-19)30-13-12-29-22/h7,9,14,16,21H,5-6,8,10-13,15H2,1-4H3/t21-/m0/s1. The van der Waals surface area contributed by atoms with Crippen molar-refractivity contribution in [1.29, 1.82) is 0 Å². The Morgan fingerprint density at radius 3 is 2.73 bits per heavy atom. The molecule has 3 heterocycles. The highest BCUT2D eigenvalue weighted by atomic mass is 16.6.